The molecule has 0 aromatic heterocycles. The van der Waals surface area contributed by atoms with E-state index in [0.717, 1.165) is 18.0 Å². The molecule has 2 bridgehead atoms. The quantitative estimate of drug-likeness (QED) is 0.744. The average Bonchev–Trinajstić information content (AvgIpc) is 3.18. The maximum Gasteiger partial charge on any atom is 0.227 e. The summed E-state index contributed by atoms with van der Waals surface area (Å²) >= 11 is 0. The Bertz CT molecular complexity index is 712. The third-order valence-corrected chi connectivity index (χ3v) is 6.42. The van der Waals surface area contributed by atoms with Gasteiger partial charge in [0.05, 0.1) is 5.75 Å². The minimum absolute atomic E-state index is 0.0819. The van der Waals surface area contributed by atoms with Crippen molar-refractivity contribution >= 4 is 21.6 Å². The van der Waals surface area contributed by atoms with Crippen molar-refractivity contribution in [2.24, 2.45) is 17.8 Å². The molecule has 0 heterocycles. The van der Waals surface area contributed by atoms with Gasteiger partial charge in [0.25, 0.3) is 0 Å². The van der Waals surface area contributed by atoms with Crippen LogP contribution in [0.3, 0.4) is 0 Å². The number of fused-ring (bicyclic) bond motifs is 2. The van der Waals surface area contributed by atoms with Gasteiger partial charge in [0.2, 0.25) is 15.9 Å². The number of benzene rings is 1. The molecule has 0 radical (unpaired) electrons. The monoisotopic (exact) mass is 348 g/mol. The van der Waals surface area contributed by atoms with E-state index in [-0.39, 0.29) is 24.1 Å². The molecular weight excluding hydrogens is 324 g/mol. The predicted molar refractivity (Wildman–Crippen MR) is 94.8 cm³/mol. The van der Waals surface area contributed by atoms with E-state index in [1.54, 1.807) is 24.3 Å². The summed E-state index contributed by atoms with van der Waals surface area (Å²) in [4.78, 5) is 12.4. The topological polar surface area (TPSA) is 75.3 Å². The number of hydrogen-bond donors (Lipinski definition) is 2. The summed E-state index contributed by atoms with van der Waals surface area (Å²) in [6.45, 7) is 3.71. The maximum atomic E-state index is 12.4. The smallest absolute Gasteiger partial charge is 0.227 e. The largest absolute Gasteiger partial charge is 0.326 e. The Balaban J connectivity index is 1.56. The molecule has 2 N–H and O–H groups in total. The van der Waals surface area contributed by atoms with E-state index in [2.05, 4.69) is 16.6 Å². The molecule has 24 heavy (non-hydrogen) atoms. The van der Waals surface area contributed by atoms with Gasteiger partial charge in [0.1, 0.15) is 0 Å². The van der Waals surface area contributed by atoms with Gasteiger partial charge >= 0.3 is 0 Å². The summed E-state index contributed by atoms with van der Waals surface area (Å²) in [6.07, 6.45) is 6.18. The number of rotatable bonds is 7. The van der Waals surface area contributed by atoms with Gasteiger partial charge in [0, 0.05) is 18.2 Å². The second-order valence-corrected chi connectivity index (χ2v) is 8.67. The summed E-state index contributed by atoms with van der Waals surface area (Å²) in [5, 5.41) is 2.98. The lowest BCUT2D eigenvalue weighted by Gasteiger charge is -2.20. The van der Waals surface area contributed by atoms with Gasteiger partial charge in [-0.15, -0.1) is 6.58 Å². The van der Waals surface area contributed by atoms with Gasteiger partial charge in [-0.3, -0.25) is 4.79 Å². The van der Waals surface area contributed by atoms with Crippen LogP contribution in [0.15, 0.2) is 36.9 Å². The Kier molecular flexibility index (Phi) is 5.06. The molecule has 130 valence electrons. The highest BCUT2D eigenvalue weighted by Crippen LogP contribution is 2.48. The lowest BCUT2D eigenvalue weighted by atomic mass is 9.88. The molecule has 0 aliphatic heterocycles. The standard InChI is InChI=1S/C18H24N2O3S/c1-2-9-19-24(22,23)12-13-4-7-16(8-5-13)20-18(21)17-11-14-3-6-15(17)10-14/h2,4-5,7-8,14-15,17,19H,1,3,6,9-12H2,(H,20,21)/t14-,15-,17+/m0/s1. The molecule has 2 aliphatic carbocycles. The molecule has 0 saturated heterocycles. The second-order valence-electron chi connectivity index (χ2n) is 6.86. The van der Waals surface area contributed by atoms with E-state index in [9.17, 15) is 13.2 Å². The Morgan fingerprint density at radius 3 is 2.54 bits per heavy atom. The first kappa shape index (κ1) is 17.2. The number of nitrogens with one attached hydrogen (secondary N) is 2. The van der Waals surface area contributed by atoms with Crippen LogP contribution in [-0.2, 0) is 20.6 Å². The lowest BCUT2D eigenvalue weighted by molar-refractivity contribution is -0.121. The maximum absolute atomic E-state index is 12.4. The van der Waals surface area contributed by atoms with E-state index >= 15 is 0 Å². The van der Waals surface area contributed by atoms with Crippen LogP contribution in [0.25, 0.3) is 0 Å². The van der Waals surface area contributed by atoms with Gasteiger partial charge in [-0.1, -0.05) is 24.6 Å². The van der Waals surface area contributed by atoms with Crippen molar-refractivity contribution in [2.45, 2.75) is 31.4 Å². The highest BCUT2D eigenvalue weighted by Gasteiger charge is 2.42. The van der Waals surface area contributed by atoms with Crippen molar-refractivity contribution < 1.29 is 13.2 Å². The van der Waals surface area contributed by atoms with Crippen LogP contribution in [0, 0.1) is 17.8 Å². The molecule has 3 rings (SSSR count). The average molecular weight is 348 g/mol. The highest BCUT2D eigenvalue weighted by molar-refractivity contribution is 7.88. The molecule has 1 aromatic rings. The fraction of sp³-hybridized carbons (Fsp3) is 0.500. The van der Waals surface area contributed by atoms with E-state index < -0.39 is 10.0 Å². The first-order valence-electron chi connectivity index (χ1n) is 8.45. The van der Waals surface area contributed by atoms with Crippen molar-refractivity contribution in [3.63, 3.8) is 0 Å². The highest BCUT2D eigenvalue weighted by atomic mass is 32.2. The number of carbonyl (C=O) groups is 1. The third kappa shape index (κ3) is 4.05. The van der Waals surface area contributed by atoms with Crippen molar-refractivity contribution in [3.8, 4) is 0 Å². The number of carbonyl (C=O) groups excluding carboxylic acids is 1. The molecule has 0 unspecified atom stereocenters. The summed E-state index contributed by atoms with van der Waals surface area (Å²) in [7, 11) is -3.36. The summed E-state index contributed by atoms with van der Waals surface area (Å²) in [5.41, 5.74) is 1.41. The number of hydrogen-bond acceptors (Lipinski definition) is 3. The summed E-state index contributed by atoms with van der Waals surface area (Å²) in [6, 6.07) is 7.01. The van der Waals surface area contributed by atoms with Crippen molar-refractivity contribution in [3.05, 3.63) is 42.5 Å². The first-order valence-corrected chi connectivity index (χ1v) is 10.1. The van der Waals surface area contributed by atoms with Crippen LogP contribution < -0.4 is 10.0 Å². The van der Waals surface area contributed by atoms with Gasteiger partial charge < -0.3 is 5.32 Å². The minimum Gasteiger partial charge on any atom is -0.326 e. The molecule has 1 aromatic carbocycles. The zero-order chi connectivity index (χ0) is 17.2. The molecule has 1 amide bonds. The van der Waals surface area contributed by atoms with Gasteiger partial charge in [-0.2, -0.15) is 0 Å². The van der Waals surface area contributed by atoms with Crippen molar-refractivity contribution in [2.75, 3.05) is 11.9 Å². The fourth-order valence-electron chi connectivity index (χ4n) is 3.94. The zero-order valence-corrected chi connectivity index (χ0v) is 14.5. The molecule has 2 aliphatic rings. The Labute approximate surface area is 143 Å². The van der Waals surface area contributed by atoms with E-state index in [4.69, 9.17) is 0 Å². The Hall–Kier alpha value is -1.66. The molecule has 6 heteroatoms. The van der Waals surface area contributed by atoms with E-state index in [0.29, 0.717) is 11.5 Å². The van der Waals surface area contributed by atoms with Crippen LogP contribution >= 0.6 is 0 Å². The summed E-state index contributed by atoms with van der Waals surface area (Å²) in [5.74, 6) is 1.46. The molecule has 3 atom stereocenters. The van der Waals surface area contributed by atoms with Crippen molar-refractivity contribution in [1.29, 1.82) is 0 Å². The summed E-state index contributed by atoms with van der Waals surface area (Å²) < 4.78 is 26.1. The second kappa shape index (κ2) is 7.07. The van der Waals surface area contributed by atoms with Gasteiger partial charge in [0.15, 0.2) is 0 Å². The van der Waals surface area contributed by atoms with Gasteiger partial charge in [-0.05, 0) is 48.8 Å². The normalized spacial score (nSPS) is 25.6. The van der Waals surface area contributed by atoms with Crippen LogP contribution in [0.4, 0.5) is 5.69 Å². The number of sulfonamides is 1. The van der Waals surface area contributed by atoms with Crippen molar-refractivity contribution in [1.82, 2.24) is 4.72 Å². The SMILES string of the molecule is C=CCNS(=O)(=O)Cc1ccc(NC(=O)[C@@H]2C[C@H]3CC[C@H]2C3)cc1. The van der Waals surface area contributed by atoms with E-state index in [1.807, 2.05) is 0 Å². The number of anilines is 1. The van der Waals surface area contributed by atoms with E-state index in [1.165, 1.54) is 25.3 Å². The Morgan fingerprint density at radius 2 is 1.96 bits per heavy atom. The van der Waals surface area contributed by atoms with Crippen LogP contribution in [0.1, 0.15) is 31.2 Å². The Morgan fingerprint density at radius 1 is 1.21 bits per heavy atom. The molecule has 2 fully saturated rings. The zero-order valence-electron chi connectivity index (χ0n) is 13.7. The minimum atomic E-state index is -3.36. The molecule has 5 nitrogen and oxygen atoms in total. The molecule has 2 saturated carbocycles. The fourth-order valence-corrected chi connectivity index (χ4v) is 5.05. The molecule has 0 spiro atoms. The molecular formula is C18H24N2O3S. The predicted octanol–water partition coefficient (Wildman–Crippen LogP) is 2.67. The lowest BCUT2D eigenvalue weighted by Crippen LogP contribution is -2.27. The van der Waals surface area contributed by atoms with Crippen LogP contribution in [-0.4, -0.2) is 20.9 Å². The first-order chi connectivity index (χ1) is 11.5. The van der Waals surface area contributed by atoms with Crippen LogP contribution in [0.2, 0.25) is 0 Å². The third-order valence-electron chi connectivity index (χ3n) is 5.10. The number of amides is 1. The van der Waals surface area contributed by atoms with Crippen LogP contribution in [0.5, 0.6) is 0 Å². The van der Waals surface area contributed by atoms with Gasteiger partial charge in [-0.25, -0.2) is 13.1 Å².